The van der Waals surface area contributed by atoms with E-state index in [1.165, 1.54) is 19.2 Å². The molecule has 1 heterocycles. The smallest absolute Gasteiger partial charge is 0.340 e. The maximum atomic E-state index is 13.0. The van der Waals surface area contributed by atoms with Crippen LogP contribution in [0.5, 0.6) is 0 Å². The number of hydrogen-bond acceptors (Lipinski definition) is 2. The molecule has 2 rings (SSSR count). The summed E-state index contributed by atoms with van der Waals surface area (Å²) in [6, 6.07) is 4.34. The Morgan fingerprint density at radius 2 is 2.20 bits per heavy atom. The normalized spacial score (nSPS) is 10.6. The Bertz CT molecular complexity index is 531. The lowest BCUT2D eigenvalue weighted by molar-refractivity contribution is 0.0603. The molecule has 0 unspecified atom stereocenters. The predicted molar refractivity (Wildman–Crippen MR) is 54.2 cm³/mol. The van der Waals surface area contributed by atoms with Gasteiger partial charge in [0, 0.05) is 24.1 Å². The van der Waals surface area contributed by atoms with Gasteiger partial charge in [0.2, 0.25) is 0 Å². The van der Waals surface area contributed by atoms with Crippen LogP contribution in [0.15, 0.2) is 24.4 Å². The van der Waals surface area contributed by atoms with E-state index in [4.69, 9.17) is 0 Å². The molecular formula is C11H10FNO2. The molecule has 0 aliphatic heterocycles. The molecule has 2 aromatic rings. The highest BCUT2D eigenvalue weighted by Crippen LogP contribution is 2.22. The molecule has 0 saturated heterocycles. The standard InChI is InChI=1S/C11H10FNO2/c1-13-6-9(11(14)15-2)8-5-7(12)3-4-10(8)13/h3-6H,1-2H3. The summed E-state index contributed by atoms with van der Waals surface area (Å²) < 4.78 is 19.4. The molecule has 0 bridgehead atoms. The van der Waals surface area contributed by atoms with Crippen LogP contribution in [0.3, 0.4) is 0 Å². The lowest BCUT2D eigenvalue weighted by atomic mass is 10.2. The lowest BCUT2D eigenvalue weighted by Crippen LogP contribution is -1.99. The van der Waals surface area contributed by atoms with Crippen molar-refractivity contribution < 1.29 is 13.9 Å². The number of carbonyl (C=O) groups excluding carboxylic acids is 1. The van der Waals surface area contributed by atoms with Gasteiger partial charge in [-0.3, -0.25) is 0 Å². The highest BCUT2D eigenvalue weighted by molar-refractivity contribution is 6.04. The number of nitrogens with zero attached hydrogens (tertiary/aromatic N) is 1. The summed E-state index contributed by atoms with van der Waals surface area (Å²) in [5.41, 5.74) is 1.19. The number of carbonyl (C=O) groups is 1. The molecule has 0 aliphatic carbocycles. The quantitative estimate of drug-likeness (QED) is 0.670. The van der Waals surface area contributed by atoms with Gasteiger partial charge in [-0.1, -0.05) is 0 Å². The van der Waals surface area contributed by atoms with Crippen LogP contribution in [-0.2, 0) is 11.8 Å². The molecule has 0 spiro atoms. The Balaban J connectivity index is 2.75. The molecule has 0 atom stereocenters. The van der Waals surface area contributed by atoms with Gasteiger partial charge >= 0.3 is 5.97 Å². The third kappa shape index (κ3) is 1.48. The second-order valence-electron chi connectivity index (χ2n) is 3.31. The van der Waals surface area contributed by atoms with Crippen molar-refractivity contribution in [3.05, 3.63) is 35.8 Å². The number of aryl methyl sites for hydroxylation is 1. The van der Waals surface area contributed by atoms with Gasteiger partial charge in [-0.2, -0.15) is 0 Å². The summed E-state index contributed by atoms with van der Waals surface area (Å²) in [5.74, 6) is -0.815. The molecule has 1 aromatic carbocycles. The largest absolute Gasteiger partial charge is 0.465 e. The van der Waals surface area contributed by atoms with Crippen molar-refractivity contribution in [3.8, 4) is 0 Å². The number of ether oxygens (including phenoxy) is 1. The molecule has 0 fully saturated rings. The second kappa shape index (κ2) is 3.38. The first-order chi connectivity index (χ1) is 7.13. The lowest BCUT2D eigenvalue weighted by Gasteiger charge is -1.96. The molecule has 0 radical (unpaired) electrons. The number of benzene rings is 1. The van der Waals surface area contributed by atoms with Crippen molar-refractivity contribution in [2.24, 2.45) is 7.05 Å². The van der Waals surface area contributed by atoms with E-state index < -0.39 is 5.97 Å². The van der Waals surface area contributed by atoms with Crippen LogP contribution in [0.25, 0.3) is 10.9 Å². The summed E-state index contributed by atoms with van der Waals surface area (Å²) in [7, 11) is 3.10. The van der Waals surface area contributed by atoms with E-state index in [0.717, 1.165) is 5.52 Å². The third-order valence-corrected chi connectivity index (χ3v) is 2.36. The van der Waals surface area contributed by atoms with Crippen LogP contribution in [-0.4, -0.2) is 17.6 Å². The van der Waals surface area contributed by atoms with Crippen LogP contribution < -0.4 is 0 Å². The minimum Gasteiger partial charge on any atom is -0.465 e. The zero-order valence-corrected chi connectivity index (χ0v) is 8.45. The Morgan fingerprint density at radius 1 is 1.47 bits per heavy atom. The van der Waals surface area contributed by atoms with Gasteiger partial charge < -0.3 is 9.30 Å². The number of fused-ring (bicyclic) bond motifs is 1. The average molecular weight is 207 g/mol. The monoisotopic (exact) mass is 207 g/mol. The Kier molecular flexibility index (Phi) is 2.19. The van der Waals surface area contributed by atoms with Gasteiger partial charge in [0.25, 0.3) is 0 Å². The Labute approximate surface area is 86.1 Å². The van der Waals surface area contributed by atoms with Crippen molar-refractivity contribution in [1.29, 1.82) is 0 Å². The van der Waals surface area contributed by atoms with Crippen LogP contribution >= 0.6 is 0 Å². The first-order valence-electron chi connectivity index (χ1n) is 4.46. The fourth-order valence-electron chi connectivity index (χ4n) is 1.64. The van der Waals surface area contributed by atoms with Gasteiger partial charge in [-0.15, -0.1) is 0 Å². The maximum Gasteiger partial charge on any atom is 0.340 e. The number of halogens is 1. The average Bonchev–Trinajstić information content (AvgIpc) is 2.54. The van der Waals surface area contributed by atoms with E-state index in [1.54, 1.807) is 23.9 Å². The van der Waals surface area contributed by atoms with Crippen molar-refractivity contribution in [2.75, 3.05) is 7.11 Å². The molecule has 15 heavy (non-hydrogen) atoms. The minimum absolute atomic E-state index is 0.362. The van der Waals surface area contributed by atoms with Gasteiger partial charge in [-0.25, -0.2) is 9.18 Å². The zero-order chi connectivity index (χ0) is 11.0. The van der Waals surface area contributed by atoms with E-state index in [2.05, 4.69) is 4.74 Å². The third-order valence-electron chi connectivity index (χ3n) is 2.36. The molecule has 0 N–H and O–H groups in total. The van der Waals surface area contributed by atoms with E-state index in [-0.39, 0.29) is 5.82 Å². The molecule has 0 amide bonds. The molecular weight excluding hydrogens is 197 g/mol. The molecule has 3 nitrogen and oxygen atoms in total. The summed E-state index contributed by atoms with van der Waals surface area (Å²) in [6.07, 6.45) is 1.63. The van der Waals surface area contributed by atoms with Crippen molar-refractivity contribution in [1.82, 2.24) is 4.57 Å². The summed E-state index contributed by atoms with van der Waals surface area (Å²) in [6.45, 7) is 0. The molecule has 0 saturated carbocycles. The first kappa shape index (κ1) is 9.71. The maximum absolute atomic E-state index is 13.0. The number of rotatable bonds is 1. The SMILES string of the molecule is COC(=O)c1cn(C)c2ccc(F)cc12. The molecule has 0 aliphatic rings. The number of esters is 1. The summed E-state index contributed by atoms with van der Waals surface area (Å²) in [5, 5.41) is 0.573. The Morgan fingerprint density at radius 3 is 2.87 bits per heavy atom. The van der Waals surface area contributed by atoms with E-state index in [0.29, 0.717) is 10.9 Å². The van der Waals surface area contributed by atoms with Crippen LogP contribution in [0.1, 0.15) is 10.4 Å². The summed E-state index contributed by atoms with van der Waals surface area (Å²) >= 11 is 0. The zero-order valence-electron chi connectivity index (χ0n) is 8.45. The predicted octanol–water partition coefficient (Wildman–Crippen LogP) is 2.10. The molecule has 78 valence electrons. The number of hydrogen-bond donors (Lipinski definition) is 0. The Hall–Kier alpha value is -1.84. The number of methoxy groups -OCH3 is 1. The van der Waals surface area contributed by atoms with E-state index in [1.807, 2.05) is 0 Å². The van der Waals surface area contributed by atoms with Crippen molar-refractivity contribution in [2.45, 2.75) is 0 Å². The van der Waals surface area contributed by atoms with Gasteiger partial charge in [0.1, 0.15) is 5.82 Å². The van der Waals surface area contributed by atoms with E-state index in [9.17, 15) is 9.18 Å². The van der Waals surface area contributed by atoms with Crippen molar-refractivity contribution in [3.63, 3.8) is 0 Å². The van der Waals surface area contributed by atoms with Gasteiger partial charge in [0.05, 0.1) is 12.7 Å². The highest BCUT2D eigenvalue weighted by atomic mass is 19.1. The first-order valence-corrected chi connectivity index (χ1v) is 4.46. The topological polar surface area (TPSA) is 31.2 Å². The van der Waals surface area contributed by atoms with Crippen molar-refractivity contribution >= 4 is 16.9 Å². The fourth-order valence-corrected chi connectivity index (χ4v) is 1.64. The van der Waals surface area contributed by atoms with Gasteiger partial charge in [0.15, 0.2) is 0 Å². The fraction of sp³-hybridized carbons (Fsp3) is 0.182. The van der Waals surface area contributed by atoms with Crippen LogP contribution in [0.4, 0.5) is 4.39 Å². The second-order valence-corrected chi connectivity index (χ2v) is 3.31. The van der Waals surface area contributed by atoms with Crippen LogP contribution in [0.2, 0.25) is 0 Å². The summed E-state index contributed by atoms with van der Waals surface area (Å²) in [4.78, 5) is 11.4. The minimum atomic E-state index is -0.453. The van der Waals surface area contributed by atoms with E-state index >= 15 is 0 Å². The molecule has 1 aromatic heterocycles. The van der Waals surface area contributed by atoms with Crippen LogP contribution in [0, 0.1) is 5.82 Å². The number of aromatic nitrogens is 1. The van der Waals surface area contributed by atoms with Gasteiger partial charge in [-0.05, 0) is 18.2 Å². The highest BCUT2D eigenvalue weighted by Gasteiger charge is 2.14. The molecule has 4 heteroatoms.